The Bertz CT molecular complexity index is 669. The van der Waals surface area contributed by atoms with Crippen molar-refractivity contribution in [3.63, 3.8) is 0 Å². The Labute approximate surface area is 128 Å². The van der Waals surface area contributed by atoms with Gasteiger partial charge in [0.15, 0.2) is 0 Å². The second-order valence-corrected chi connectivity index (χ2v) is 4.90. The van der Waals surface area contributed by atoms with Crippen molar-refractivity contribution in [2.45, 2.75) is 26.4 Å². The lowest BCUT2D eigenvalue weighted by molar-refractivity contribution is -0.143. The number of hydrogen-bond acceptors (Lipinski definition) is 3. The normalized spacial score (nSPS) is 13.6. The Balaban J connectivity index is 0.00000161. The van der Waals surface area contributed by atoms with Crippen LogP contribution in [-0.4, -0.2) is 23.7 Å². The Morgan fingerprint density at radius 2 is 2.29 bits per heavy atom. The zero-order valence-corrected chi connectivity index (χ0v) is 12.6. The van der Waals surface area contributed by atoms with Gasteiger partial charge in [0.2, 0.25) is 0 Å². The highest BCUT2D eigenvalue weighted by atomic mass is 35.5. The molecule has 0 fully saturated rings. The van der Waals surface area contributed by atoms with Crippen LogP contribution in [0.25, 0.3) is 10.9 Å². The minimum atomic E-state index is -0.287. The number of carbonyl (C=O) groups is 1. The van der Waals surface area contributed by atoms with Crippen LogP contribution in [0.3, 0.4) is 0 Å². The Morgan fingerprint density at radius 1 is 1.48 bits per heavy atom. The van der Waals surface area contributed by atoms with E-state index in [0.29, 0.717) is 6.61 Å². The van der Waals surface area contributed by atoms with Crippen LogP contribution in [0, 0.1) is 5.82 Å². The maximum absolute atomic E-state index is 13.5. The third kappa shape index (κ3) is 2.89. The first-order valence-corrected chi connectivity index (χ1v) is 6.86. The van der Waals surface area contributed by atoms with Crippen LogP contribution in [0.1, 0.15) is 18.2 Å². The zero-order chi connectivity index (χ0) is 14.1. The van der Waals surface area contributed by atoms with Crippen LogP contribution in [0.15, 0.2) is 18.2 Å². The van der Waals surface area contributed by atoms with E-state index in [2.05, 4.69) is 5.32 Å². The molecule has 3 rings (SSSR count). The Morgan fingerprint density at radius 3 is 3.05 bits per heavy atom. The van der Waals surface area contributed by atoms with Gasteiger partial charge in [-0.15, -0.1) is 12.4 Å². The van der Waals surface area contributed by atoms with E-state index < -0.39 is 0 Å². The molecule has 0 bridgehead atoms. The quantitative estimate of drug-likeness (QED) is 0.885. The zero-order valence-electron chi connectivity index (χ0n) is 11.8. The smallest absolute Gasteiger partial charge is 0.325 e. The molecule has 0 aliphatic carbocycles. The topological polar surface area (TPSA) is 43.3 Å². The molecule has 2 heterocycles. The number of fused-ring (bicyclic) bond motifs is 3. The first-order valence-electron chi connectivity index (χ1n) is 6.86. The number of nitrogens with one attached hydrogen (secondary N) is 1. The molecular formula is C15H18ClFN2O2. The second kappa shape index (κ2) is 6.45. The molecule has 1 N–H and O–H groups in total. The maximum atomic E-state index is 13.5. The number of hydrogen-bond donors (Lipinski definition) is 1. The fraction of sp³-hybridized carbons (Fsp3) is 0.400. The highest BCUT2D eigenvalue weighted by molar-refractivity contribution is 5.87. The van der Waals surface area contributed by atoms with E-state index in [1.54, 1.807) is 13.0 Å². The highest BCUT2D eigenvalue weighted by Gasteiger charge is 2.21. The first kappa shape index (κ1) is 15.8. The monoisotopic (exact) mass is 312 g/mol. The van der Waals surface area contributed by atoms with E-state index in [1.807, 2.05) is 4.57 Å². The summed E-state index contributed by atoms with van der Waals surface area (Å²) < 4.78 is 20.4. The van der Waals surface area contributed by atoms with Crippen LogP contribution >= 0.6 is 12.4 Å². The molecule has 0 saturated carbocycles. The van der Waals surface area contributed by atoms with Gasteiger partial charge in [-0.1, -0.05) is 0 Å². The third-order valence-electron chi connectivity index (χ3n) is 3.68. The molecule has 0 spiro atoms. The largest absolute Gasteiger partial charge is 0.465 e. The van der Waals surface area contributed by atoms with Crippen LogP contribution < -0.4 is 5.32 Å². The Hall–Kier alpha value is -1.59. The molecule has 0 amide bonds. The van der Waals surface area contributed by atoms with Crippen molar-refractivity contribution in [1.82, 2.24) is 9.88 Å². The van der Waals surface area contributed by atoms with Crippen molar-refractivity contribution in [3.8, 4) is 0 Å². The molecular weight excluding hydrogens is 295 g/mol. The van der Waals surface area contributed by atoms with Crippen LogP contribution in [0.5, 0.6) is 0 Å². The molecule has 4 nitrogen and oxygen atoms in total. The molecule has 0 radical (unpaired) electrons. The lowest BCUT2D eigenvalue weighted by Gasteiger charge is -2.16. The average molecular weight is 313 g/mol. The summed E-state index contributed by atoms with van der Waals surface area (Å²) in [7, 11) is 0. The average Bonchev–Trinajstić information content (AvgIpc) is 2.73. The number of nitrogens with zero attached hydrogens (tertiary/aromatic N) is 1. The van der Waals surface area contributed by atoms with E-state index in [-0.39, 0.29) is 30.7 Å². The van der Waals surface area contributed by atoms with Gasteiger partial charge in [0.1, 0.15) is 12.4 Å². The van der Waals surface area contributed by atoms with Crippen molar-refractivity contribution in [3.05, 3.63) is 35.3 Å². The molecule has 1 aromatic carbocycles. The lowest BCUT2D eigenvalue weighted by Crippen LogP contribution is -2.25. The molecule has 2 aromatic rings. The van der Waals surface area contributed by atoms with E-state index >= 15 is 0 Å². The minimum absolute atomic E-state index is 0. The number of halogens is 2. The first-order chi connectivity index (χ1) is 9.70. The summed E-state index contributed by atoms with van der Waals surface area (Å²) in [5.41, 5.74) is 3.04. The van der Waals surface area contributed by atoms with Gasteiger partial charge in [-0.25, -0.2) is 4.39 Å². The summed E-state index contributed by atoms with van der Waals surface area (Å²) in [6, 6.07) is 4.75. The second-order valence-electron chi connectivity index (χ2n) is 4.90. The molecule has 21 heavy (non-hydrogen) atoms. The molecule has 0 unspecified atom stereocenters. The predicted molar refractivity (Wildman–Crippen MR) is 81.2 cm³/mol. The molecule has 1 aliphatic heterocycles. The molecule has 1 aliphatic rings. The summed E-state index contributed by atoms with van der Waals surface area (Å²) in [6.45, 7) is 3.91. The van der Waals surface area contributed by atoms with Gasteiger partial charge in [-0.3, -0.25) is 4.79 Å². The molecule has 114 valence electrons. The van der Waals surface area contributed by atoms with Crippen molar-refractivity contribution in [2.24, 2.45) is 0 Å². The lowest BCUT2D eigenvalue weighted by atomic mass is 10.1. The number of benzene rings is 1. The fourth-order valence-corrected chi connectivity index (χ4v) is 2.87. The number of aromatic nitrogens is 1. The Kier molecular flexibility index (Phi) is 4.85. The standard InChI is InChI=1S/C15H17FN2O2.ClH/c1-2-20-15(19)9-18-13-5-6-17-8-12(13)11-4-3-10(16)7-14(11)18;/h3-4,7,17H,2,5-6,8-9H2,1H3;1H. The highest BCUT2D eigenvalue weighted by Crippen LogP contribution is 2.29. The van der Waals surface area contributed by atoms with Crippen molar-refractivity contribution >= 4 is 29.3 Å². The summed E-state index contributed by atoms with van der Waals surface area (Å²) >= 11 is 0. The van der Waals surface area contributed by atoms with Gasteiger partial charge >= 0.3 is 5.97 Å². The summed E-state index contributed by atoms with van der Waals surface area (Å²) in [5.74, 6) is -0.569. The summed E-state index contributed by atoms with van der Waals surface area (Å²) in [6.07, 6.45) is 0.838. The number of rotatable bonds is 3. The van der Waals surface area contributed by atoms with Crippen molar-refractivity contribution in [2.75, 3.05) is 13.2 Å². The van der Waals surface area contributed by atoms with Gasteiger partial charge in [0.25, 0.3) is 0 Å². The predicted octanol–water partition coefficient (Wildman–Crippen LogP) is 2.41. The molecule has 0 saturated heterocycles. The minimum Gasteiger partial charge on any atom is -0.465 e. The van der Waals surface area contributed by atoms with Gasteiger partial charge in [0, 0.05) is 30.6 Å². The molecule has 1 aromatic heterocycles. The number of carbonyl (C=O) groups excluding carboxylic acids is 1. The van der Waals surface area contributed by atoms with Gasteiger partial charge < -0.3 is 14.6 Å². The fourth-order valence-electron chi connectivity index (χ4n) is 2.87. The van der Waals surface area contributed by atoms with Crippen LogP contribution in [0.4, 0.5) is 4.39 Å². The van der Waals surface area contributed by atoms with Crippen LogP contribution in [-0.2, 0) is 29.0 Å². The van der Waals surface area contributed by atoms with E-state index in [1.165, 1.54) is 12.1 Å². The van der Waals surface area contributed by atoms with Gasteiger partial charge in [-0.05, 0) is 30.7 Å². The van der Waals surface area contributed by atoms with Gasteiger partial charge in [-0.2, -0.15) is 0 Å². The van der Waals surface area contributed by atoms with E-state index in [9.17, 15) is 9.18 Å². The summed E-state index contributed by atoms with van der Waals surface area (Å²) in [4.78, 5) is 11.8. The van der Waals surface area contributed by atoms with E-state index in [4.69, 9.17) is 4.74 Å². The van der Waals surface area contributed by atoms with Crippen molar-refractivity contribution in [1.29, 1.82) is 0 Å². The van der Waals surface area contributed by atoms with Crippen LogP contribution in [0.2, 0.25) is 0 Å². The van der Waals surface area contributed by atoms with E-state index in [0.717, 1.165) is 41.7 Å². The molecule has 6 heteroatoms. The SMILES string of the molecule is CCOC(=O)Cn1c2c(c3ccc(F)cc31)CNCC2.Cl. The molecule has 0 atom stereocenters. The summed E-state index contributed by atoms with van der Waals surface area (Å²) in [5, 5.41) is 4.33. The van der Waals surface area contributed by atoms with Crippen molar-refractivity contribution < 1.29 is 13.9 Å². The third-order valence-corrected chi connectivity index (χ3v) is 3.68. The number of ether oxygens (including phenoxy) is 1. The number of esters is 1. The van der Waals surface area contributed by atoms with Gasteiger partial charge in [0.05, 0.1) is 12.1 Å². The maximum Gasteiger partial charge on any atom is 0.325 e.